The summed E-state index contributed by atoms with van der Waals surface area (Å²) in [6.07, 6.45) is 0. The van der Waals surface area contributed by atoms with E-state index in [0.717, 1.165) is 5.56 Å². The van der Waals surface area contributed by atoms with Crippen molar-refractivity contribution in [3.05, 3.63) is 35.5 Å². The highest BCUT2D eigenvalue weighted by Gasteiger charge is 2.10. The molecule has 3 nitrogen and oxygen atoms in total. The first-order valence-electron chi connectivity index (χ1n) is 4.35. The van der Waals surface area contributed by atoms with Gasteiger partial charge in [0, 0.05) is 5.56 Å². The van der Waals surface area contributed by atoms with E-state index in [1.807, 2.05) is 6.92 Å². The normalized spacial score (nSPS) is 10.6. The number of benzene rings is 1. The fourth-order valence-electron chi connectivity index (χ4n) is 1.24. The van der Waals surface area contributed by atoms with E-state index in [1.165, 1.54) is 12.1 Å². The number of rotatable bonds is 2. The highest BCUT2D eigenvalue weighted by atomic mass is 35.5. The number of aromatic nitrogens is 2. The molecule has 0 N–H and O–H groups in total. The third kappa shape index (κ3) is 1.99. The number of hydrogen-bond donors (Lipinski definition) is 0. The molecule has 5 heteroatoms. The predicted molar refractivity (Wildman–Crippen MR) is 54.0 cm³/mol. The van der Waals surface area contributed by atoms with Crippen molar-refractivity contribution in [2.24, 2.45) is 0 Å². The zero-order valence-corrected chi connectivity index (χ0v) is 8.75. The van der Waals surface area contributed by atoms with E-state index < -0.39 is 0 Å². The van der Waals surface area contributed by atoms with Crippen molar-refractivity contribution in [3.8, 4) is 11.5 Å². The lowest BCUT2D eigenvalue weighted by molar-refractivity contribution is 0.526. The van der Waals surface area contributed by atoms with Crippen molar-refractivity contribution < 1.29 is 8.81 Å². The van der Waals surface area contributed by atoms with Gasteiger partial charge in [-0.25, -0.2) is 4.39 Å². The summed E-state index contributed by atoms with van der Waals surface area (Å²) in [6, 6.07) is 4.41. The minimum atomic E-state index is -0.332. The summed E-state index contributed by atoms with van der Waals surface area (Å²) < 4.78 is 18.2. The first-order chi connectivity index (χ1) is 7.20. The lowest BCUT2D eigenvalue weighted by Crippen LogP contribution is -1.85. The third-order valence-electron chi connectivity index (χ3n) is 2.01. The van der Waals surface area contributed by atoms with Gasteiger partial charge >= 0.3 is 0 Å². The molecular weight excluding hydrogens is 219 g/mol. The monoisotopic (exact) mass is 226 g/mol. The second-order valence-corrected chi connectivity index (χ2v) is 3.36. The quantitative estimate of drug-likeness (QED) is 0.739. The molecule has 15 heavy (non-hydrogen) atoms. The van der Waals surface area contributed by atoms with E-state index in [0.29, 0.717) is 17.3 Å². The highest BCUT2D eigenvalue weighted by Crippen LogP contribution is 2.23. The lowest BCUT2D eigenvalue weighted by Gasteiger charge is -1.99. The molecule has 0 aliphatic carbocycles. The van der Waals surface area contributed by atoms with Crippen LogP contribution in [-0.2, 0) is 5.88 Å². The molecule has 0 amide bonds. The number of halogens is 2. The van der Waals surface area contributed by atoms with Gasteiger partial charge in [0.25, 0.3) is 0 Å². The van der Waals surface area contributed by atoms with Gasteiger partial charge in [-0.3, -0.25) is 0 Å². The van der Waals surface area contributed by atoms with E-state index in [9.17, 15) is 4.39 Å². The topological polar surface area (TPSA) is 38.9 Å². The number of hydrogen-bond acceptors (Lipinski definition) is 3. The molecule has 1 aromatic carbocycles. The standard InChI is InChI=1S/C10H8ClFN2O/c1-6-2-3-7(12)4-8(6)10-14-13-9(5-11)15-10/h2-4H,5H2,1H3. The van der Waals surface area contributed by atoms with Crippen LogP contribution < -0.4 is 0 Å². The second-order valence-electron chi connectivity index (χ2n) is 3.09. The molecule has 0 atom stereocenters. The summed E-state index contributed by atoms with van der Waals surface area (Å²) in [7, 11) is 0. The maximum absolute atomic E-state index is 13.0. The van der Waals surface area contributed by atoms with Crippen LogP contribution in [0.2, 0.25) is 0 Å². The molecule has 1 aromatic heterocycles. The van der Waals surface area contributed by atoms with E-state index in [4.69, 9.17) is 16.0 Å². The Morgan fingerprint density at radius 2 is 2.20 bits per heavy atom. The Hall–Kier alpha value is -1.42. The average Bonchev–Trinajstić information content (AvgIpc) is 2.70. The maximum Gasteiger partial charge on any atom is 0.248 e. The van der Waals surface area contributed by atoms with Crippen molar-refractivity contribution in [2.45, 2.75) is 12.8 Å². The molecule has 1 heterocycles. The van der Waals surface area contributed by atoms with Gasteiger partial charge in [-0.05, 0) is 24.6 Å². The van der Waals surface area contributed by atoms with Crippen LogP contribution in [0.15, 0.2) is 22.6 Å². The van der Waals surface area contributed by atoms with Gasteiger partial charge in [-0.1, -0.05) is 6.07 Å². The van der Waals surface area contributed by atoms with Crippen LogP contribution >= 0.6 is 11.6 Å². The van der Waals surface area contributed by atoms with E-state index >= 15 is 0 Å². The highest BCUT2D eigenvalue weighted by molar-refractivity contribution is 6.16. The zero-order valence-electron chi connectivity index (χ0n) is 8.00. The maximum atomic E-state index is 13.0. The molecule has 2 aromatic rings. The molecular formula is C10H8ClFN2O. The average molecular weight is 227 g/mol. The Balaban J connectivity index is 2.48. The number of aryl methyl sites for hydroxylation is 1. The Bertz CT molecular complexity index is 484. The van der Waals surface area contributed by atoms with Gasteiger partial charge < -0.3 is 4.42 Å². The molecule has 0 saturated carbocycles. The van der Waals surface area contributed by atoms with E-state index in [1.54, 1.807) is 6.07 Å². The molecule has 0 radical (unpaired) electrons. The molecule has 2 rings (SSSR count). The van der Waals surface area contributed by atoms with Crippen molar-refractivity contribution in [2.75, 3.05) is 0 Å². The molecule has 78 valence electrons. The van der Waals surface area contributed by atoms with Gasteiger partial charge in [0.1, 0.15) is 11.7 Å². The number of alkyl halides is 1. The summed E-state index contributed by atoms with van der Waals surface area (Å²) in [5.41, 5.74) is 1.47. The van der Waals surface area contributed by atoms with Crippen LogP contribution in [0.3, 0.4) is 0 Å². The minimum absolute atomic E-state index is 0.154. The van der Waals surface area contributed by atoms with Crippen LogP contribution in [0.5, 0.6) is 0 Å². The molecule has 0 aliphatic heterocycles. The van der Waals surface area contributed by atoms with Crippen molar-refractivity contribution >= 4 is 11.6 Å². The first-order valence-corrected chi connectivity index (χ1v) is 4.89. The van der Waals surface area contributed by atoms with Crippen molar-refractivity contribution in [3.63, 3.8) is 0 Å². The van der Waals surface area contributed by atoms with Crippen LogP contribution in [0, 0.1) is 12.7 Å². The predicted octanol–water partition coefficient (Wildman–Crippen LogP) is 2.92. The summed E-state index contributed by atoms with van der Waals surface area (Å²) in [5, 5.41) is 7.50. The van der Waals surface area contributed by atoms with E-state index in [2.05, 4.69) is 10.2 Å². The molecule has 0 spiro atoms. The second kappa shape index (κ2) is 3.98. The summed E-state index contributed by atoms with van der Waals surface area (Å²) in [5.74, 6) is 0.445. The molecule has 0 fully saturated rings. The van der Waals surface area contributed by atoms with Gasteiger partial charge in [0.05, 0.1) is 0 Å². The Morgan fingerprint density at radius 3 is 2.87 bits per heavy atom. The molecule has 0 bridgehead atoms. The molecule has 0 aliphatic rings. The first kappa shape index (κ1) is 10.1. The van der Waals surface area contributed by atoms with Gasteiger partial charge in [-0.2, -0.15) is 0 Å². The van der Waals surface area contributed by atoms with Crippen molar-refractivity contribution in [1.82, 2.24) is 10.2 Å². The smallest absolute Gasteiger partial charge is 0.248 e. The van der Waals surface area contributed by atoms with Gasteiger partial charge in [0.2, 0.25) is 11.8 Å². The third-order valence-corrected chi connectivity index (χ3v) is 2.24. The van der Waals surface area contributed by atoms with E-state index in [-0.39, 0.29) is 11.7 Å². The SMILES string of the molecule is Cc1ccc(F)cc1-c1nnc(CCl)o1. The Labute approximate surface area is 90.9 Å². The molecule has 0 unspecified atom stereocenters. The zero-order chi connectivity index (χ0) is 10.8. The van der Waals surface area contributed by atoms with Crippen molar-refractivity contribution in [1.29, 1.82) is 0 Å². The summed E-state index contributed by atoms with van der Waals surface area (Å²) in [4.78, 5) is 0. The van der Waals surface area contributed by atoms with Crippen LogP contribution in [-0.4, -0.2) is 10.2 Å². The fraction of sp³-hybridized carbons (Fsp3) is 0.200. The Morgan fingerprint density at radius 1 is 1.40 bits per heavy atom. The fourth-order valence-corrected chi connectivity index (χ4v) is 1.35. The van der Waals surface area contributed by atoms with Crippen LogP contribution in [0.4, 0.5) is 4.39 Å². The molecule has 0 saturated heterocycles. The minimum Gasteiger partial charge on any atom is -0.419 e. The van der Waals surface area contributed by atoms with Gasteiger partial charge in [0.15, 0.2) is 0 Å². The van der Waals surface area contributed by atoms with Crippen LogP contribution in [0.1, 0.15) is 11.5 Å². The largest absolute Gasteiger partial charge is 0.419 e. The number of nitrogens with zero attached hydrogens (tertiary/aromatic N) is 2. The lowest BCUT2D eigenvalue weighted by atomic mass is 10.1. The van der Waals surface area contributed by atoms with Crippen LogP contribution in [0.25, 0.3) is 11.5 Å². The summed E-state index contributed by atoms with van der Waals surface area (Å²) in [6.45, 7) is 1.85. The van der Waals surface area contributed by atoms with Gasteiger partial charge in [-0.15, -0.1) is 21.8 Å². The Kier molecular flexibility index (Phi) is 2.68. The summed E-state index contributed by atoms with van der Waals surface area (Å²) >= 11 is 5.53.